The zero-order valence-electron chi connectivity index (χ0n) is 10.6. The van der Waals surface area contributed by atoms with E-state index in [1.807, 2.05) is 46.8 Å². The number of nitrogens with two attached hydrogens (primary N) is 1. The number of carbonyl (C=O) groups excluding carboxylic acids is 1. The van der Waals surface area contributed by atoms with Crippen LogP contribution in [0, 0.1) is 19.3 Å². The third-order valence-corrected chi connectivity index (χ3v) is 2.60. The number of rotatable bonds is 1. The zero-order chi connectivity index (χ0) is 12.5. The summed E-state index contributed by atoms with van der Waals surface area (Å²) < 4.78 is 0. The summed E-state index contributed by atoms with van der Waals surface area (Å²) in [5.74, 6) is -0.0255. The van der Waals surface area contributed by atoms with Crippen LogP contribution < -0.4 is 11.1 Å². The van der Waals surface area contributed by atoms with Crippen molar-refractivity contribution >= 4 is 17.3 Å². The van der Waals surface area contributed by atoms with E-state index in [0.29, 0.717) is 11.4 Å². The largest absolute Gasteiger partial charge is 0.397 e. The molecule has 0 fully saturated rings. The normalized spacial score (nSPS) is 11.3. The Morgan fingerprint density at radius 2 is 1.69 bits per heavy atom. The molecule has 0 unspecified atom stereocenters. The van der Waals surface area contributed by atoms with E-state index in [0.717, 1.165) is 11.1 Å². The van der Waals surface area contributed by atoms with E-state index in [1.165, 1.54) is 0 Å². The van der Waals surface area contributed by atoms with Gasteiger partial charge in [-0.25, -0.2) is 0 Å². The maximum atomic E-state index is 11.8. The lowest BCUT2D eigenvalue weighted by Gasteiger charge is -2.19. The van der Waals surface area contributed by atoms with Crippen LogP contribution in [0.15, 0.2) is 12.1 Å². The summed E-state index contributed by atoms with van der Waals surface area (Å²) in [4.78, 5) is 11.8. The van der Waals surface area contributed by atoms with Crippen molar-refractivity contribution in [3.8, 4) is 0 Å². The molecule has 16 heavy (non-hydrogen) atoms. The predicted octanol–water partition coefficient (Wildman–Crippen LogP) is 2.87. The summed E-state index contributed by atoms with van der Waals surface area (Å²) in [6, 6.07) is 3.79. The van der Waals surface area contributed by atoms with Crippen LogP contribution in [-0.4, -0.2) is 5.91 Å². The lowest BCUT2D eigenvalue weighted by Crippen LogP contribution is -2.28. The van der Waals surface area contributed by atoms with Crippen LogP contribution in [0.1, 0.15) is 31.9 Å². The van der Waals surface area contributed by atoms with Gasteiger partial charge in [-0.15, -0.1) is 0 Å². The van der Waals surface area contributed by atoms with E-state index in [-0.39, 0.29) is 5.91 Å². The zero-order valence-corrected chi connectivity index (χ0v) is 10.6. The Hall–Kier alpha value is -1.51. The highest BCUT2D eigenvalue weighted by Gasteiger charge is 2.21. The Morgan fingerprint density at radius 3 is 2.19 bits per heavy atom. The van der Waals surface area contributed by atoms with Crippen LogP contribution in [-0.2, 0) is 4.79 Å². The highest BCUT2D eigenvalue weighted by atomic mass is 16.2. The van der Waals surface area contributed by atoms with Crippen molar-refractivity contribution in [3.05, 3.63) is 23.3 Å². The SMILES string of the molecule is Cc1cc(N)c(NC(=O)C(C)(C)C)cc1C. The molecule has 0 saturated heterocycles. The maximum Gasteiger partial charge on any atom is 0.229 e. The van der Waals surface area contributed by atoms with Gasteiger partial charge in [0.05, 0.1) is 11.4 Å². The van der Waals surface area contributed by atoms with Gasteiger partial charge in [0.1, 0.15) is 0 Å². The fourth-order valence-electron chi connectivity index (χ4n) is 1.26. The average molecular weight is 220 g/mol. The molecule has 0 aliphatic heterocycles. The molecule has 3 nitrogen and oxygen atoms in total. The lowest BCUT2D eigenvalue weighted by molar-refractivity contribution is -0.123. The van der Waals surface area contributed by atoms with Gasteiger partial charge in [-0.2, -0.15) is 0 Å². The molecule has 88 valence electrons. The van der Waals surface area contributed by atoms with E-state index in [9.17, 15) is 4.79 Å². The van der Waals surface area contributed by atoms with E-state index in [1.54, 1.807) is 0 Å². The van der Waals surface area contributed by atoms with Crippen molar-refractivity contribution in [3.63, 3.8) is 0 Å². The van der Waals surface area contributed by atoms with Gasteiger partial charge in [0.25, 0.3) is 0 Å². The first kappa shape index (κ1) is 12.6. The molecule has 0 radical (unpaired) electrons. The molecular weight excluding hydrogens is 200 g/mol. The highest BCUT2D eigenvalue weighted by molar-refractivity contribution is 5.97. The minimum absolute atomic E-state index is 0.0255. The van der Waals surface area contributed by atoms with Gasteiger partial charge in [0, 0.05) is 5.41 Å². The Balaban J connectivity index is 2.99. The first-order valence-corrected chi connectivity index (χ1v) is 5.40. The molecule has 0 heterocycles. The molecule has 0 atom stereocenters. The quantitative estimate of drug-likeness (QED) is 0.715. The minimum Gasteiger partial charge on any atom is -0.397 e. The number of carbonyl (C=O) groups is 1. The second-order valence-electron chi connectivity index (χ2n) is 5.23. The number of anilines is 2. The van der Waals surface area contributed by atoms with E-state index >= 15 is 0 Å². The van der Waals surface area contributed by atoms with Crippen molar-refractivity contribution < 1.29 is 4.79 Å². The standard InChI is InChI=1S/C13H20N2O/c1-8-6-10(14)11(7-9(8)2)15-12(16)13(3,4)5/h6-7H,14H2,1-5H3,(H,15,16). The Labute approximate surface area is 97.0 Å². The third kappa shape index (κ3) is 2.75. The highest BCUT2D eigenvalue weighted by Crippen LogP contribution is 2.25. The molecule has 1 rings (SSSR count). The first-order valence-electron chi connectivity index (χ1n) is 5.40. The number of hydrogen-bond acceptors (Lipinski definition) is 2. The second kappa shape index (κ2) is 4.16. The number of benzene rings is 1. The number of nitrogen functional groups attached to an aromatic ring is 1. The number of nitrogens with one attached hydrogen (secondary N) is 1. The smallest absolute Gasteiger partial charge is 0.229 e. The van der Waals surface area contributed by atoms with E-state index < -0.39 is 5.41 Å². The molecule has 1 amide bonds. The number of aryl methyl sites for hydroxylation is 2. The fraction of sp³-hybridized carbons (Fsp3) is 0.462. The summed E-state index contributed by atoms with van der Waals surface area (Å²) in [5.41, 5.74) is 9.02. The molecule has 3 heteroatoms. The van der Waals surface area contributed by atoms with Crippen LogP contribution in [0.3, 0.4) is 0 Å². The van der Waals surface area contributed by atoms with Crippen molar-refractivity contribution in [2.45, 2.75) is 34.6 Å². The summed E-state index contributed by atoms with van der Waals surface area (Å²) in [5, 5.41) is 2.85. The third-order valence-electron chi connectivity index (χ3n) is 2.60. The maximum absolute atomic E-state index is 11.8. The summed E-state index contributed by atoms with van der Waals surface area (Å²) >= 11 is 0. The van der Waals surface area contributed by atoms with Crippen LogP contribution in [0.5, 0.6) is 0 Å². The molecule has 0 bridgehead atoms. The van der Waals surface area contributed by atoms with Gasteiger partial charge in [0.15, 0.2) is 0 Å². The average Bonchev–Trinajstić information content (AvgIpc) is 2.12. The summed E-state index contributed by atoms with van der Waals surface area (Å²) in [7, 11) is 0. The Morgan fingerprint density at radius 1 is 1.19 bits per heavy atom. The molecule has 0 aromatic heterocycles. The van der Waals surface area contributed by atoms with Crippen LogP contribution in [0.25, 0.3) is 0 Å². The second-order valence-corrected chi connectivity index (χ2v) is 5.23. The monoisotopic (exact) mass is 220 g/mol. The summed E-state index contributed by atoms with van der Waals surface area (Å²) in [6.45, 7) is 9.63. The first-order chi connectivity index (χ1) is 7.21. The van der Waals surface area contributed by atoms with Gasteiger partial charge in [0.2, 0.25) is 5.91 Å². The van der Waals surface area contributed by atoms with Crippen LogP contribution in [0.4, 0.5) is 11.4 Å². The minimum atomic E-state index is -0.411. The van der Waals surface area contributed by atoms with Gasteiger partial charge < -0.3 is 11.1 Å². The van der Waals surface area contributed by atoms with Crippen LogP contribution in [0.2, 0.25) is 0 Å². The Bertz CT molecular complexity index is 417. The number of amides is 1. The van der Waals surface area contributed by atoms with E-state index in [2.05, 4.69) is 5.32 Å². The number of hydrogen-bond donors (Lipinski definition) is 2. The van der Waals surface area contributed by atoms with Gasteiger partial charge in [-0.05, 0) is 37.1 Å². The van der Waals surface area contributed by atoms with E-state index in [4.69, 9.17) is 5.73 Å². The molecule has 1 aromatic carbocycles. The van der Waals surface area contributed by atoms with Gasteiger partial charge >= 0.3 is 0 Å². The molecule has 0 aliphatic carbocycles. The predicted molar refractivity (Wildman–Crippen MR) is 68.4 cm³/mol. The van der Waals surface area contributed by atoms with Crippen molar-refractivity contribution in [2.24, 2.45) is 5.41 Å². The summed E-state index contributed by atoms with van der Waals surface area (Å²) in [6.07, 6.45) is 0. The van der Waals surface area contributed by atoms with Gasteiger partial charge in [-0.3, -0.25) is 4.79 Å². The van der Waals surface area contributed by atoms with Crippen molar-refractivity contribution in [2.75, 3.05) is 11.1 Å². The molecule has 3 N–H and O–H groups in total. The topological polar surface area (TPSA) is 55.1 Å². The molecule has 1 aromatic rings. The molecule has 0 saturated carbocycles. The van der Waals surface area contributed by atoms with Crippen LogP contribution >= 0.6 is 0 Å². The van der Waals surface area contributed by atoms with Crippen molar-refractivity contribution in [1.82, 2.24) is 0 Å². The molecule has 0 aliphatic rings. The Kier molecular flexibility index (Phi) is 3.27. The molecule has 0 spiro atoms. The van der Waals surface area contributed by atoms with Gasteiger partial charge in [-0.1, -0.05) is 20.8 Å². The van der Waals surface area contributed by atoms with Crippen molar-refractivity contribution in [1.29, 1.82) is 0 Å². The fourth-order valence-corrected chi connectivity index (χ4v) is 1.26. The molecular formula is C13H20N2O. The lowest BCUT2D eigenvalue weighted by atomic mass is 9.95.